The van der Waals surface area contributed by atoms with Gasteiger partial charge in [0.1, 0.15) is 0 Å². The van der Waals surface area contributed by atoms with Crippen molar-refractivity contribution in [2.45, 2.75) is 0 Å². The highest BCUT2D eigenvalue weighted by Gasteiger charge is 2.26. The van der Waals surface area contributed by atoms with E-state index in [4.69, 9.17) is 4.74 Å². The molecule has 0 saturated heterocycles. The predicted molar refractivity (Wildman–Crippen MR) is 116 cm³/mol. The zero-order valence-corrected chi connectivity index (χ0v) is 15.9. The lowest BCUT2D eigenvalue weighted by atomic mass is 9.94. The van der Waals surface area contributed by atoms with E-state index in [0.717, 1.165) is 28.4 Å². The van der Waals surface area contributed by atoms with E-state index in [0.29, 0.717) is 22.4 Å². The van der Waals surface area contributed by atoms with E-state index >= 15 is 0 Å². The van der Waals surface area contributed by atoms with Crippen LogP contribution >= 0.6 is 0 Å². The molecule has 0 aromatic heterocycles. The van der Waals surface area contributed by atoms with Crippen molar-refractivity contribution in [2.24, 2.45) is 0 Å². The van der Waals surface area contributed by atoms with Gasteiger partial charge in [0.15, 0.2) is 11.5 Å². The maximum atomic E-state index is 9.56. The normalized spacial score (nSPS) is 11.5. The Bertz CT molecular complexity index is 1310. The molecule has 0 atom stereocenters. The summed E-state index contributed by atoms with van der Waals surface area (Å²) in [5.74, 6) is 1.42. The van der Waals surface area contributed by atoms with Crippen LogP contribution in [-0.4, -0.2) is 0 Å². The van der Waals surface area contributed by atoms with Crippen LogP contribution < -0.4 is 9.64 Å². The molecule has 4 heteroatoms. The van der Waals surface area contributed by atoms with Crippen LogP contribution in [0.25, 0.3) is 11.1 Å². The average molecular weight is 385 g/mol. The van der Waals surface area contributed by atoms with Gasteiger partial charge in [0, 0.05) is 11.3 Å². The molecular weight excluding hydrogens is 370 g/mol. The van der Waals surface area contributed by atoms with Crippen molar-refractivity contribution in [3.8, 4) is 34.8 Å². The molecule has 4 aromatic carbocycles. The van der Waals surface area contributed by atoms with Crippen molar-refractivity contribution in [3.05, 3.63) is 102 Å². The fourth-order valence-electron chi connectivity index (χ4n) is 3.82. The standard InChI is InChI=1S/C26H15N3O/c27-16-19-7-6-8-20(17-28)26(19)18-13-14-23-25(15-18)30-24-12-5-4-11-22(24)29(23)21-9-2-1-3-10-21/h1-15H. The van der Waals surface area contributed by atoms with Crippen molar-refractivity contribution >= 4 is 17.1 Å². The Morgan fingerprint density at radius 1 is 0.633 bits per heavy atom. The summed E-state index contributed by atoms with van der Waals surface area (Å²) < 4.78 is 6.23. The van der Waals surface area contributed by atoms with Crippen LogP contribution in [0.5, 0.6) is 11.5 Å². The fourth-order valence-corrected chi connectivity index (χ4v) is 3.82. The summed E-state index contributed by atoms with van der Waals surface area (Å²) in [5.41, 5.74) is 5.21. The van der Waals surface area contributed by atoms with Crippen molar-refractivity contribution in [2.75, 3.05) is 4.90 Å². The van der Waals surface area contributed by atoms with Gasteiger partial charge in [-0.2, -0.15) is 10.5 Å². The minimum absolute atomic E-state index is 0.463. The van der Waals surface area contributed by atoms with Crippen LogP contribution in [0.1, 0.15) is 11.1 Å². The molecule has 4 nitrogen and oxygen atoms in total. The van der Waals surface area contributed by atoms with Crippen LogP contribution in [0.2, 0.25) is 0 Å². The molecule has 1 aliphatic heterocycles. The largest absolute Gasteiger partial charge is 0.453 e. The molecule has 0 N–H and O–H groups in total. The summed E-state index contributed by atoms with van der Waals surface area (Å²) in [6.45, 7) is 0. The molecule has 30 heavy (non-hydrogen) atoms. The first-order valence-corrected chi connectivity index (χ1v) is 9.50. The Labute approximate surface area is 174 Å². The van der Waals surface area contributed by atoms with Crippen LogP contribution in [0.3, 0.4) is 0 Å². The number of ether oxygens (including phenoxy) is 1. The number of para-hydroxylation sites is 3. The van der Waals surface area contributed by atoms with Gasteiger partial charge in [-0.15, -0.1) is 0 Å². The summed E-state index contributed by atoms with van der Waals surface area (Å²) in [7, 11) is 0. The zero-order chi connectivity index (χ0) is 20.5. The summed E-state index contributed by atoms with van der Waals surface area (Å²) in [6, 6.07) is 33.4. The summed E-state index contributed by atoms with van der Waals surface area (Å²) >= 11 is 0. The van der Waals surface area contributed by atoms with E-state index in [1.165, 1.54) is 0 Å². The number of fused-ring (bicyclic) bond motifs is 2. The predicted octanol–water partition coefficient (Wildman–Crippen LogP) is 6.67. The van der Waals surface area contributed by atoms with Gasteiger partial charge < -0.3 is 9.64 Å². The number of benzene rings is 4. The van der Waals surface area contributed by atoms with Crippen molar-refractivity contribution in [1.29, 1.82) is 10.5 Å². The molecule has 0 unspecified atom stereocenters. The first-order chi connectivity index (χ1) is 14.8. The van der Waals surface area contributed by atoms with E-state index in [1.807, 2.05) is 60.7 Å². The van der Waals surface area contributed by atoms with E-state index < -0.39 is 0 Å². The molecule has 140 valence electrons. The summed E-state index contributed by atoms with van der Waals surface area (Å²) in [5, 5.41) is 19.1. The molecule has 0 fully saturated rings. The maximum Gasteiger partial charge on any atom is 0.152 e. The van der Waals surface area contributed by atoms with E-state index in [9.17, 15) is 10.5 Å². The summed E-state index contributed by atoms with van der Waals surface area (Å²) in [4.78, 5) is 2.15. The molecule has 0 amide bonds. The van der Waals surface area contributed by atoms with Gasteiger partial charge in [-0.3, -0.25) is 0 Å². The number of nitriles is 2. The van der Waals surface area contributed by atoms with Gasteiger partial charge in [0.2, 0.25) is 0 Å². The minimum Gasteiger partial charge on any atom is -0.453 e. The fraction of sp³-hybridized carbons (Fsp3) is 0. The molecule has 0 spiro atoms. The van der Waals surface area contributed by atoms with Crippen LogP contribution in [-0.2, 0) is 0 Å². The first kappa shape index (κ1) is 17.6. The lowest BCUT2D eigenvalue weighted by Gasteiger charge is -2.33. The van der Waals surface area contributed by atoms with Gasteiger partial charge in [-0.1, -0.05) is 42.5 Å². The maximum absolute atomic E-state index is 9.56. The number of rotatable bonds is 2. The number of anilines is 3. The molecule has 1 aliphatic rings. The third kappa shape index (κ3) is 2.76. The molecule has 0 aliphatic carbocycles. The smallest absolute Gasteiger partial charge is 0.152 e. The highest BCUT2D eigenvalue weighted by Crippen LogP contribution is 2.51. The molecular formula is C26H15N3O. The topological polar surface area (TPSA) is 60.1 Å². The lowest BCUT2D eigenvalue weighted by Crippen LogP contribution is -2.15. The van der Waals surface area contributed by atoms with Gasteiger partial charge in [-0.25, -0.2) is 0 Å². The third-order valence-electron chi connectivity index (χ3n) is 5.14. The second kappa shape index (κ2) is 7.13. The lowest BCUT2D eigenvalue weighted by molar-refractivity contribution is 0.477. The first-order valence-electron chi connectivity index (χ1n) is 9.50. The van der Waals surface area contributed by atoms with E-state index in [-0.39, 0.29) is 0 Å². The molecule has 0 saturated carbocycles. The van der Waals surface area contributed by atoms with E-state index in [2.05, 4.69) is 29.2 Å². The second-order valence-corrected chi connectivity index (χ2v) is 6.87. The Morgan fingerprint density at radius 2 is 1.30 bits per heavy atom. The Hall–Kier alpha value is -4.54. The number of hydrogen-bond donors (Lipinski definition) is 0. The zero-order valence-electron chi connectivity index (χ0n) is 15.9. The second-order valence-electron chi connectivity index (χ2n) is 6.87. The Balaban J connectivity index is 1.72. The van der Waals surface area contributed by atoms with Gasteiger partial charge in [0.25, 0.3) is 0 Å². The van der Waals surface area contributed by atoms with Crippen LogP contribution in [0.15, 0.2) is 91.0 Å². The number of hydrogen-bond acceptors (Lipinski definition) is 4. The van der Waals surface area contributed by atoms with Crippen molar-refractivity contribution < 1.29 is 4.74 Å². The molecule has 1 heterocycles. The van der Waals surface area contributed by atoms with Crippen molar-refractivity contribution in [1.82, 2.24) is 0 Å². The minimum atomic E-state index is 0.463. The van der Waals surface area contributed by atoms with Crippen LogP contribution in [0.4, 0.5) is 17.1 Å². The summed E-state index contributed by atoms with van der Waals surface area (Å²) in [6.07, 6.45) is 0. The molecule has 4 aromatic rings. The number of nitrogens with zero attached hydrogens (tertiary/aromatic N) is 3. The van der Waals surface area contributed by atoms with Crippen molar-refractivity contribution in [3.63, 3.8) is 0 Å². The highest BCUT2D eigenvalue weighted by molar-refractivity contribution is 5.88. The Kier molecular flexibility index (Phi) is 4.17. The highest BCUT2D eigenvalue weighted by atomic mass is 16.5. The van der Waals surface area contributed by atoms with Gasteiger partial charge in [-0.05, 0) is 54.1 Å². The van der Waals surface area contributed by atoms with Gasteiger partial charge >= 0.3 is 0 Å². The van der Waals surface area contributed by atoms with Crippen LogP contribution in [0, 0.1) is 22.7 Å². The molecule has 0 bridgehead atoms. The SMILES string of the molecule is N#Cc1cccc(C#N)c1-c1ccc2c(c1)Oc1ccccc1N2c1ccccc1. The van der Waals surface area contributed by atoms with E-state index in [1.54, 1.807) is 18.2 Å². The average Bonchev–Trinajstić information content (AvgIpc) is 2.82. The monoisotopic (exact) mass is 385 g/mol. The Morgan fingerprint density at radius 3 is 2.03 bits per heavy atom. The van der Waals surface area contributed by atoms with Gasteiger partial charge in [0.05, 0.1) is 34.6 Å². The third-order valence-corrected chi connectivity index (χ3v) is 5.14. The quantitative estimate of drug-likeness (QED) is 0.340. The molecule has 0 radical (unpaired) electrons. The molecule has 5 rings (SSSR count).